The Balaban J connectivity index is 2.26. The maximum absolute atomic E-state index is 12.2. The molecule has 98 valence electrons. The van der Waals surface area contributed by atoms with Crippen molar-refractivity contribution in [2.75, 3.05) is 6.61 Å². The highest BCUT2D eigenvalue weighted by Gasteiger charge is 2.19. The number of hydrogen-bond acceptors (Lipinski definition) is 4. The van der Waals surface area contributed by atoms with Gasteiger partial charge in [-0.3, -0.25) is 14.2 Å². The van der Waals surface area contributed by atoms with Gasteiger partial charge in [-0.1, -0.05) is 6.92 Å². The van der Waals surface area contributed by atoms with E-state index in [1.807, 2.05) is 0 Å². The predicted molar refractivity (Wildman–Crippen MR) is 66.3 cm³/mol. The Morgan fingerprint density at radius 1 is 1.61 bits per heavy atom. The Kier molecular flexibility index (Phi) is 3.79. The van der Waals surface area contributed by atoms with Crippen molar-refractivity contribution in [1.82, 2.24) is 9.55 Å². The van der Waals surface area contributed by atoms with E-state index in [-0.39, 0.29) is 17.9 Å². The first-order valence-electron chi connectivity index (χ1n) is 6.35. The lowest BCUT2D eigenvalue weighted by molar-refractivity contribution is -0.142. The van der Waals surface area contributed by atoms with Crippen molar-refractivity contribution < 1.29 is 9.53 Å². The summed E-state index contributed by atoms with van der Waals surface area (Å²) in [4.78, 5) is 27.9. The molecule has 0 aromatic carbocycles. The SMILES string of the molecule is CCOC(=O)Cc1cnc2n(c1=O)CC(C)CC2. The molecular formula is C13H18N2O3. The van der Waals surface area contributed by atoms with Crippen LogP contribution in [0.1, 0.15) is 31.7 Å². The molecule has 1 atom stereocenters. The number of rotatable bonds is 3. The molecule has 1 unspecified atom stereocenters. The number of hydrogen-bond donors (Lipinski definition) is 0. The van der Waals surface area contributed by atoms with Gasteiger partial charge in [0.15, 0.2) is 0 Å². The molecule has 0 saturated heterocycles. The van der Waals surface area contributed by atoms with Gasteiger partial charge in [0.25, 0.3) is 5.56 Å². The van der Waals surface area contributed by atoms with Crippen LogP contribution in [0.15, 0.2) is 11.0 Å². The van der Waals surface area contributed by atoms with E-state index in [0.29, 0.717) is 24.6 Å². The maximum Gasteiger partial charge on any atom is 0.310 e. The van der Waals surface area contributed by atoms with Crippen molar-refractivity contribution in [2.24, 2.45) is 5.92 Å². The molecule has 1 aromatic rings. The molecule has 0 saturated carbocycles. The number of carbonyl (C=O) groups excluding carboxylic acids is 1. The fraction of sp³-hybridized carbons (Fsp3) is 0.615. The summed E-state index contributed by atoms with van der Waals surface area (Å²) in [7, 11) is 0. The van der Waals surface area contributed by atoms with Crippen LogP contribution >= 0.6 is 0 Å². The van der Waals surface area contributed by atoms with Crippen LogP contribution in [0.25, 0.3) is 0 Å². The maximum atomic E-state index is 12.2. The van der Waals surface area contributed by atoms with E-state index in [0.717, 1.165) is 18.7 Å². The van der Waals surface area contributed by atoms with Crippen molar-refractivity contribution in [3.8, 4) is 0 Å². The molecule has 0 aliphatic carbocycles. The van der Waals surface area contributed by atoms with Crippen molar-refractivity contribution >= 4 is 5.97 Å². The van der Waals surface area contributed by atoms with Gasteiger partial charge in [0.05, 0.1) is 13.0 Å². The number of esters is 1. The molecule has 1 aliphatic heterocycles. The van der Waals surface area contributed by atoms with Gasteiger partial charge in [-0.15, -0.1) is 0 Å². The second kappa shape index (κ2) is 5.33. The molecule has 2 heterocycles. The van der Waals surface area contributed by atoms with Gasteiger partial charge in [0.2, 0.25) is 0 Å². The van der Waals surface area contributed by atoms with Crippen LogP contribution in [0.5, 0.6) is 0 Å². The number of carbonyl (C=O) groups is 1. The summed E-state index contributed by atoms with van der Waals surface area (Å²) in [5, 5.41) is 0. The van der Waals surface area contributed by atoms with Crippen LogP contribution in [0, 0.1) is 5.92 Å². The molecule has 2 rings (SSSR count). The number of ether oxygens (including phenoxy) is 1. The first-order chi connectivity index (χ1) is 8.61. The van der Waals surface area contributed by atoms with E-state index < -0.39 is 0 Å². The van der Waals surface area contributed by atoms with Gasteiger partial charge in [0, 0.05) is 24.7 Å². The zero-order valence-electron chi connectivity index (χ0n) is 10.8. The zero-order valence-corrected chi connectivity index (χ0v) is 10.8. The lowest BCUT2D eigenvalue weighted by Crippen LogP contribution is -2.34. The largest absolute Gasteiger partial charge is 0.466 e. The highest BCUT2D eigenvalue weighted by atomic mass is 16.5. The number of nitrogens with zero attached hydrogens (tertiary/aromatic N) is 2. The monoisotopic (exact) mass is 250 g/mol. The predicted octanol–water partition coefficient (Wildman–Crippen LogP) is 0.931. The Bertz CT molecular complexity index is 507. The quantitative estimate of drug-likeness (QED) is 0.749. The van der Waals surface area contributed by atoms with E-state index >= 15 is 0 Å². The second-order valence-electron chi connectivity index (χ2n) is 4.74. The van der Waals surface area contributed by atoms with Gasteiger partial charge >= 0.3 is 5.97 Å². The first kappa shape index (κ1) is 12.8. The molecule has 1 aromatic heterocycles. The van der Waals surface area contributed by atoms with Gasteiger partial charge in [-0.05, 0) is 19.3 Å². The first-order valence-corrected chi connectivity index (χ1v) is 6.35. The Morgan fingerprint density at radius 3 is 3.11 bits per heavy atom. The molecule has 0 amide bonds. The highest BCUT2D eigenvalue weighted by molar-refractivity contribution is 5.72. The Labute approximate surface area is 106 Å². The Morgan fingerprint density at radius 2 is 2.39 bits per heavy atom. The lowest BCUT2D eigenvalue weighted by atomic mass is 10.0. The third kappa shape index (κ3) is 2.60. The summed E-state index contributed by atoms with van der Waals surface area (Å²) < 4.78 is 6.55. The van der Waals surface area contributed by atoms with Gasteiger partial charge in [-0.25, -0.2) is 4.98 Å². The molecule has 0 N–H and O–H groups in total. The number of aryl methyl sites for hydroxylation is 1. The molecule has 18 heavy (non-hydrogen) atoms. The average Bonchev–Trinajstić information content (AvgIpc) is 2.34. The third-order valence-corrected chi connectivity index (χ3v) is 3.20. The number of fused-ring (bicyclic) bond motifs is 1. The average molecular weight is 250 g/mol. The molecule has 5 nitrogen and oxygen atoms in total. The van der Waals surface area contributed by atoms with Crippen LogP contribution < -0.4 is 5.56 Å². The van der Waals surface area contributed by atoms with Crippen molar-refractivity contribution in [1.29, 1.82) is 0 Å². The minimum atomic E-state index is -0.374. The summed E-state index contributed by atoms with van der Waals surface area (Å²) in [5.74, 6) is 0.932. The van der Waals surface area contributed by atoms with E-state index in [4.69, 9.17) is 4.74 Å². The molecule has 0 radical (unpaired) electrons. The van der Waals surface area contributed by atoms with Crippen LogP contribution in [0.2, 0.25) is 0 Å². The summed E-state index contributed by atoms with van der Waals surface area (Å²) in [5.41, 5.74) is 0.325. The topological polar surface area (TPSA) is 61.2 Å². The number of aromatic nitrogens is 2. The second-order valence-corrected chi connectivity index (χ2v) is 4.74. The van der Waals surface area contributed by atoms with Crippen LogP contribution in [0.4, 0.5) is 0 Å². The van der Waals surface area contributed by atoms with Crippen molar-refractivity contribution in [2.45, 2.75) is 39.7 Å². The smallest absolute Gasteiger partial charge is 0.310 e. The summed E-state index contributed by atoms with van der Waals surface area (Å²) in [6.07, 6.45) is 3.41. The van der Waals surface area contributed by atoms with Gasteiger partial charge in [0.1, 0.15) is 5.82 Å². The highest BCUT2D eigenvalue weighted by Crippen LogP contribution is 2.16. The standard InChI is InChI=1S/C13H18N2O3/c1-3-18-12(16)6-10-7-14-11-5-4-9(2)8-15(11)13(10)17/h7,9H,3-6,8H2,1-2H3. The van der Waals surface area contributed by atoms with Crippen LogP contribution in [-0.2, 0) is 28.9 Å². The van der Waals surface area contributed by atoms with Crippen molar-refractivity contribution in [3.63, 3.8) is 0 Å². The van der Waals surface area contributed by atoms with E-state index in [1.54, 1.807) is 11.5 Å². The summed E-state index contributed by atoms with van der Waals surface area (Å²) in [6.45, 7) is 4.89. The molecule has 5 heteroatoms. The van der Waals surface area contributed by atoms with E-state index in [2.05, 4.69) is 11.9 Å². The Hall–Kier alpha value is -1.65. The minimum absolute atomic E-state index is 0.00827. The molecule has 0 spiro atoms. The van der Waals surface area contributed by atoms with Crippen LogP contribution in [0.3, 0.4) is 0 Å². The van der Waals surface area contributed by atoms with E-state index in [9.17, 15) is 9.59 Å². The lowest BCUT2D eigenvalue weighted by Gasteiger charge is -2.22. The fourth-order valence-electron chi connectivity index (χ4n) is 2.22. The fourth-order valence-corrected chi connectivity index (χ4v) is 2.22. The minimum Gasteiger partial charge on any atom is -0.466 e. The van der Waals surface area contributed by atoms with Gasteiger partial charge in [-0.2, -0.15) is 0 Å². The van der Waals surface area contributed by atoms with Crippen molar-refractivity contribution in [3.05, 3.63) is 27.9 Å². The molecular weight excluding hydrogens is 232 g/mol. The summed E-state index contributed by atoms with van der Waals surface area (Å²) in [6, 6.07) is 0. The normalized spacial score (nSPS) is 18.2. The van der Waals surface area contributed by atoms with Gasteiger partial charge < -0.3 is 4.74 Å². The molecule has 1 aliphatic rings. The van der Waals surface area contributed by atoms with E-state index in [1.165, 1.54) is 6.20 Å². The molecule has 0 bridgehead atoms. The third-order valence-electron chi connectivity index (χ3n) is 3.20. The summed E-state index contributed by atoms with van der Waals surface area (Å²) >= 11 is 0. The molecule has 0 fully saturated rings. The van der Waals surface area contributed by atoms with Crippen LogP contribution in [-0.4, -0.2) is 22.1 Å². The zero-order chi connectivity index (χ0) is 13.1.